The van der Waals surface area contributed by atoms with Crippen LogP contribution in [0.25, 0.3) is 0 Å². The monoisotopic (exact) mass is 237 g/mol. The summed E-state index contributed by atoms with van der Waals surface area (Å²) in [5.41, 5.74) is 7.54. The second-order valence-electron chi connectivity index (χ2n) is 4.52. The molecule has 0 aromatic carbocycles. The first-order chi connectivity index (χ1) is 8.08. The zero-order chi connectivity index (χ0) is 12.8. The lowest BCUT2D eigenvalue weighted by molar-refractivity contribution is 0.0229. The number of rotatable bonds is 6. The van der Waals surface area contributed by atoms with Crippen LogP contribution in [0.2, 0.25) is 0 Å². The summed E-state index contributed by atoms with van der Waals surface area (Å²) in [6.45, 7) is 9.49. The highest BCUT2D eigenvalue weighted by Crippen LogP contribution is 2.23. The maximum absolute atomic E-state index is 5.72. The Morgan fingerprint density at radius 2 is 2.06 bits per heavy atom. The van der Waals surface area contributed by atoms with E-state index in [1.807, 2.05) is 19.9 Å². The molecule has 96 valence electrons. The highest BCUT2D eigenvalue weighted by molar-refractivity contribution is 5.12. The Labute approximate surface area is 104 Å². The van der Waals surface area contributed by atoms with Crippen molar-refractivity contribution in [2.24, 2.45) is 11.7 Å². The molecule has 0 spiro atoms. The molecule has 2 N–H and O–H groups in total. The third-order valence-corrected chi connectivity index (χ3v) is 2.53. The lowest BCUT2D eigenvalue weighted by Gasteiger charge is -2.20. The molecule has 0 bridgehead atoms. The standard InChI is InChI=1S/C13H23N3O/c1-5-17-12(9(2)3)13-15-10(4)8-11(16-13)6-7-14/h8-9,12H,5-7,14H2,1-4H3. The van der Waals surface area contributed by atoms with Gasteiger partial charge in [-0.2, -0.15) is 0 Å². The van der Waals surface area contributed by atoms with Crippen molar-refractivity contribution in [3.05, 3.63) is 23.3 Å². The topological polar surface area (TPSA) is 61.0 Å². The van der Waals surface area contributed by atoms with Gasteiger partial charge < -0.3 is 10.5 Å². The first kappa shape index (κ1) is 14.1. The van der Waals surface area contributed by atoms with Gasteiger partial charge in [0, 0.05) is 24.4 Å². The van der Waals surface area contributed by atoms with Crippen LogP contribution in [0.15, 0.2) is 6.07 Å². The van der Waals surface area contributed by atoms with Crippen molar-refractivity contribution in [3.8, 4) is 0 Å². The molecular formula is C13H23N3O. The molecule has 1 aromatic rings. The zero-order valence-electron chi connectivity index (χ0n) is 11.2. The molecule has 4 heteroatoms. The average Bonchev–Trinajstić information content (AvgIpc) is 2.25. The molecule has 1 heterocycles. The second kappa shape index (κ2) is 6.67. The van der Waals surface area contributed by atoms with Crippen LogP contribution in [0.4, 0.5) is 0 Å². The lowest BCUT2D eigenvalue weighted by Crippen LogP contribution is -2.17. The largest absolute Gasteiger partial charge is 0.370 e. The van der Waals surface area contributed by atoms with Crippen molar-refractivity contribution in [2.45, 2.75) is 40.2 Å². The first-order valence-corrected chi connectivity index (χ1v) is 6.24. The number of aromatic nitrogens is 2. The molecule has 0 radical (unpaired) electrons. The molecule has 0 aliphatic heterocycles. The Morgan fingerprint density at radius 1 is 1.35 bits per heavy atom. The van der Waals surface area contributed by atoms with Gasteiger partial charge in [-0.25, -0.2) is 9.97 Å². The van der Waals surface area contributed by atoms with E-state index in [1.54, 1.807) is 0 Å². The number of hydrogen-bond donors (Lipinski definition) is 1. The van der Waals surface area contributed by atoms with E-state index in [-0.39, 0.29) is 6.10 Å². The van der Waals surface area contributed by atoms with Gasteiger partial charge in [0.1, 0.15) is 6.10 Å². The molecule has 1 rings (SSSR count). The first-order valence-electron chi connectivity index (χ1n) is 6.24. The van der Waals surface area contributed by atoms with Gasteiger partial charge in [-0.1, -0.05) is 13.8 Å². The van der Waals surface area contributed by atoms with Crippen LogP contribution in [0.3, 0.4) is 0 Å². The molecule has 1 unspecified atom stereocenters. The van der Waals surface area contributed by atoms with Gasteiger partial charge in [0.2, 0.25) is 0 Å². The Morgan fingerprint density at radius 3 is 2.59 bits per heavy atom. The van der Waals surface area contributed by atoms with Gasteiger partial charge in [0.15, 0.2) is 5.82 Å². The normalized spacial score (nSPS) is 13.1. The van der Waals surface area contributed by atoms with Crippen molar-refractivity contribution >= 4 is 0 Å². The van der Waals surface area contributed by atoms with E-state index < -0.39 is 0 Å². The third kappa shape index (κ3) is 4.06. The summed E-state index contributed by atoms with van der Waals surface area (Å²) in [4.78, 5) is 9.03. The van der Waals surface area contributed by atoms with Gasteiger partial charge in [0.25, 0.3) is 0 Å². The van der Waals surface area contributed by atoms with E-state index in [0.717, 1.165) is 23.6 Å². The summed E-state index contributed by atoms with van der Waals surface area (Å²) in [5, 5.41) is 0. The van der Waals surface area contributed by atoms with E-state index in [1.165, 1.54) is 0 Å². The van der Waals surface area contributed by atoms with Crippen LogP contribution < -0.4 is 5.73 Å². The minimum Gasteiger partial charge on any atom is -0.370 e. The predicted molar refractivity (Wildman–Crippen MR) is 68.7 cm³/mol. The van der Waals surface area contributed by atoms with Crippen molar-refractivity contribution < 1.29 is 4.74 Å². The highest BCUT2D eigenvalue weighted by Gasteiger charge is 2.19. The Kier molecular flexibility index (Phi) is 5.51. The van der Waals surface area contributed by atoms with E-state index in [4.69, 9.17) is 10.5 Å². The van der Waals surface area contributed by atoms with Crippen LogP contribution in [0.1, 0.15) is 44.1 Å². The van der Waals surface area contributed by atoms with Gasteiger partial charge in [-0.15, -0.1) is 0 Å². The summed E-state index contributed by atoms with van der Waals surface area (Å²) in [6.07, 6.45) is 0.754. The van der Waals surface area contributed by atoms with E-state index in [2.05, 4.69) is 23.8 Å². The fraction of sp³-hybridized carbons (Fsp3) is 0.692. The van der Waals surface area contributed by atoms with Gasteiger partial charge in [0.05, 0.1) is 0 Å². The number of nitrogens with two attached hydrogens (primary N) is 1. The fourth-order valence-electron chi connectivity index (χ4n) is 1.81. The van der Waals surface area contributed by atoms with Crippen LogP contribution in [0.5, 0.6) is 0 Å². The molecule has 0 aliphatic carbocycles. The van der Waals surface area contributed by atoms with Gasteiger partial charge in [-0.05, 0) is 32.4 Å². The number of nitrogens with zero attached hydrogens (tertiary/aromatic N) is 2. The average molecular weight is 237 g/mol. The van der Waals surface area contributed by atoms with Crippen LogP contribution in [0, 0.1) is 12.8 Å². The maximum atomic E-state index is 5.72. The molecular weight excluding hydrogens is 214 g/mol. The van der Waals surface area contributed by atoms with Crippen molar-refractivity contribution in [3.63, 3.8) is 0 Å². The SMILES string of the molecule is CCOC(c1nc(C)cc(CCN)n1)C(C)C. The molecule has 0 aliphatic rings. The summed E-state index contributed by atoms with van der Waals surface area (Å²) >= 11 is 0. The molecule has 17 heavy (non-hydrogen) atoms. The van der Waals surface area contributed by atoms with E-state index in [9.17, 15) is 0 Å². The number of ether oxygens (including phenoxy) is 1. The maximum Gasteiger partial charge on any atom is 0.157 e. The van der Waals surface area contributed by atoms with Crippen molar-refractivity contribution in [1.29, 1.82) is 0 Å². The van der Waals surface area contributed by atoms with Gasteiger partial charge in [-0.3, -0.25) is 0 Å². The quantitative estimate of drug-likeness (QED) is 0.822. The summed E-state index contributed by atoms with van der Waals surface area (Å²) in [5.74, 6) is 1.15. The molecule has 1 aromatic heterocycles. The van der Waals surface area contributed by atoms with E-state index >= 15 is 0 Å². The third-order valence-electron chi connectivity index (χ3n) is 2.53. The van der Waals surface area contributed by atoms with Crippen LogP contribution >= 0.6 is 0 Å². The summed E-state index contributed by atoms with van der Waals surface area (Å²) in [7, 11) is 0. The molecule has 0 fully saturated rings. The van der Waals surface area contributed by atoms with Crippen LogP contribution in [-0.4, -0.2) is 23.1 Å². The minimum absolute atomic E-state index is 0.0311. The van der Waals surface area contributed by atoms with Gasteiger partial charge >= 0.3 is 0 Å². The van der Waals surface area contributed by atoms with Crippen molar-refractivity contribution in [1.82, 2.24) is 9.97 Å². The van der Waals surface area contributed by atoms with Crippen LogP contribution in [-0.2, 0) is 11.2 Å². The molecule has 0 amide bonds. The smallest absolute Gasteiger partial charge is 0.157 e. The predicted octanol–water partition coefficient (Wildman–Crippen LogP) is 2.02. The summed E-state index contributed by atoms with van der Waals surface area (Å²) < 4.78 is 5.72. The summed E-state index contributed by atoms with van der Waals surface area (Å²) in [6, 6.07) is 1.99. The second-order valence-corrected chi connectivity index (χ2v) is 4.52. The Balaban J connectivity index is 3.00. The molecule has 1 atom stereocenters. The zero-order valence-corrected chi connectivity index (χ0v) is 11.2. The molecule has 0 saturated carbocycles. The highest BCUT2D eigenvalue weighted by atomic mass is 16.5. The molecule has 4 nitrogen and oxygen atoms in total. The fourth-order valence-corrected chi connectivity index (χ4v) is 1.81. The molecule has 0 saturated heterocycles. The lowest BCUT2D eigenvalue weighted by atomic mass is 10.1. The van der Waals surface area contributed by atoms with E-state index in [0.29, 0.717) is 19.1 Å². The Hall–Kier alpha value is -1.00. The minimum atomic E-state index is -0.0311. The van der Waals surface area contributed by atoms with Crippen molar-refractivity contribution in [2.75, 3.05) is 13.2 Å². The Bertz CT molecular complexity index is 353. The number of aryl methyl sites for hydroxylation is 1. The number of hydrogen-bond acceptors (Lipinski definition) is 4.